The Hall–Kier alpha value is -2.47. The molecule has 6 heteroatoms. The van der Waals surface area contributed by atoms with Gasteiger partial charge in [0, 0.05) is 49.4 Å². The van der Waals surface area contributed by atoms with Crippen molar-refractivity contribution in [3.63, 3.8) is 0 Å². The third kappa shape index (κ3) is 5.24. The van der Waals surface area contributed by atoms with Gasteiger partial charge in [0.2, 0.25) is 5.91 Å². The molecule has 1 amide bonds. The summed E-state index contributed by atoms with van der Waals surface area (Å²) in [5, 5.41) is 4.75. The number of nitrogens with one attached hydrogen (secondary N) is 1. The van der Waals surface area contributed by atoms with Crippen LogP contribution in [0.3, 0.4) is 0 Å². The maximum absolute atomic E-state index is 12.5. The monoisotopic (exact) mass is 436 g/mol. The molecule has 0 aliphatic carbocycles. The average molecular weight is 437 g/mol. The van der Waals surface area contributed by atoms with Gasteiger partial charge in [-0.15, -0.1) is 0 Å². The van der Waals surface area contributed by atoms with Crippen LogP contribution in [0.5, 0.6) is 0 Å². The number of anilines is 1. The zero-order chi connectivity index (χ0) is 22.0. The zero-order valence-corrected chi connectivity index (χ0v) is 19.2. The Morgan fingerprint density at radius 1 is 1.03 bits per heavy atom. The van der Waals surface area contributed by atoms with Crippen LogP contribution in [0.4, 0.5) is 5.69 Å². The molecule has 1 saturated heterocycles. The van der Waals surface area contributed by atoms with E-state index in [1.54, 1.807) is 0 Å². The Morgan fingerprint density at radius 3 is 2.55 bits per heavy atom. The van der Waals surface area contributed by atoms with Crippen molar-refractivity contribution >= 4 is 34.1 Å². The van der Waals surface area contributed by atoms with E-state index in [9.17, 15) is 4.79 Å². The fourth-order valence-electron chi connectivity index (χ4n) is 4.03. The average Bonchev–Trinajstić information content (AvgIpc) is 2.73. The third-order valence-electron chi connectivity index (χ3n) is 6.10. The van der Waals surface area contributed by atoms with Crippen LogP contribution in [0.2, 0.25) is 5.15 Å². The van der Waals surface area contributed by atoms with Crippen molar-refractivity contribution in [2.75, 3.05) is 38.0 Å². The van der Waals surface area contributed by atoms with Gasteiger partial charge in [0.25, 0.3) is 0 Å². The lowest BCUT2D eigenvalue weighted by Crippen LogP contribution is -2.48. The summed E-state index contributed by atoms with van der Waals surface area (Å²) in [5.74, 6) is 0.0409. The molecule has 0 spiro atoms. The number of aryl methyl sites for hydroxylation is 2. The number of carbonyl (C=O) groups excluding carboxylic acids is 1. The molecular weight excluding hydrogens is 408 g/mol. The number of rotatable bonds is 5. The number of halogens is 1. The van der Waals surface area contributed by atoms with Gasteiger partial charge in [0.15, 0.2) is 0 Å². The Bertz CT molecular complexity index is 1110. The molecule has 0 atom stereocenters. The number of piperazine rings is 1. The Kier molecular flexibility index (Phi) is 6.56. The normalized spacial score (nSPS) is 15.4. The van der Waals surface area contributed by atoms with Gasteiger partial charge >= 0.3 is 0 Å². The van der Waals surface area contributed by atoms with Crippen LogP contribution < -0.4 is 5.32 Å². The summed E-state index contributed by atoms with van der Waals surface area (Å²) >= 11 is 6.47. The molecule has 2 heterocycles. The first-order valence-corrected chi connectivity index (χ1v) is 11.1. The van der Waals surface area contributed by atoms with Gasteiger partial charge in [-0.1, -0.05) is 35.9 Å². The topological polar surface area (TPSA) is 48.5 Å². The van der Waals surface area contributed by atoms with E-state index in [4.69, 9.17) is 11.6 Å². The molecule has 1 aliphatic heterocycles. The highest BCUT2D eigenvalue weighted by atomic mass is 35.5. The van der Waals surface area contributed by atoms with Gasteiger partial charge in [-0.2, -0.15) is 0 Å². The van der Waals surface area contributed by atoms with Crippen molar-refractivity contribution in [3.05, 3.63) is 69.9 Å². The molecular formula is C25H29ClN4O. The molecule has 3 aromatic rings. The third-order valence-corrected chi connectivity index (χ3v) is 6.43. The molecule has 1 aromatic heterocycles. The fourth-order valence-corrected chi connectivity index (χ4v) is 4.24. The second-order valence-electron chi connectivity index (χ2n) is 8.48. The van der Waals surface area contributed by atoms with Gasteiger partial charge in [-0.25, -0.2) is 4.98 Å². The lowest BCUT2D eigenvalue weighted by Gasteiger charge is -2.34. The molecule has 1 N–H and O–H groups in total. The summed E-state index contributed by atoms with van der Waals surface area (Å²) in [6, 6.07) is 14.4. The van der Waals surface area contributed by atoms with Gasteiger partial charge in [-0.05, 0) is 55.7 Å². The van der Waals surface area contributed by atoms with Crippen LogP contribution in [-0.4, -0.2) is 53.4 Å². The minimum Gasteiger partial charge on any atom is -0.325 e. The van der Waals surface area contributed by atoms with Crippen LogP contribution in [0.1, 0.15) is 22.3 Å². The molecule has 1 aliphatic rings. The van der Waals surface area contributed by atoms with E-state index >= 15 is 0 Å². The van der Waals surface area contributed by atoms with Crippen LogP contribution >= 0.6 is 11.6 Å². The second kappa shape index (κ2) is 9.35. The maximum atomic E-state index is 12.5. The van der Waals surface area contributed by atoms with E-state index in [0.29, 0.717) is 11.7 Å². The molecule has 5 nitrogen and oxygen atoms in total. The van der Waals surface area contributed by atoms with E-state index < -0.39 is 0 Å². The number of nitrogens with zero attached hydrogens (tertiary/aromatic N) is 3. The number of benzene rings is 2. The highest BCUT2D eigenvalue weighted by Gasteiger charge is 2.20. The standard InChI is InChI=1S/C25H29ClN4O/c1-17-7-8-20-14-21(25(26)28-23(20)13-17)15-29-9-11-30(12-10-29)16-24(31)27-22-6-4-5-18(2)19(22)3/h4-8,13-14H,9-12,15-16H2,1-3H3,(H,27,31). The van der Waals surface area contributed by atoms with Crippen molar-refractivity contribution in [1.82, 2.24) is 14.8 Å². The lowest BCUT2D eigenvalue weighted by molar-refractivity contribution is -0.117. The Morgan fingerprint density at radius 2 is 1.77 bits per heavy atom. The van der Waals surface area contributed by atoms with Gasteiger partial charge in [0.1, 0.15) is 5.15 Å². The predicted molar refractivity (Wildman–Crippen MR) is 128 cm³/mol. The molecule has 0 saturated carbocycles. The first-order valence-electron chi connectivity index (χ1n) is 10.8. The molecule has 0 bridgehead atoms. The van der Waals surface area contributed by atoms with Gasteiger partial charge in [0.05, 0.1) is 12.1 Å². The predicted octanol–water partition coefficient (Wildman–Crippen LogP) is 4.57. The molecule has 2 aromatic carbocycles. The molecule has 4 rings (SSSR count). The summed E-state index contributed by atoms with van der Waals surface area (Å²) in [6.07, 6.45) is 0. The Labute approximate surface area is 189 Å². The smallest absolute Gasteiger partial charge is 0.238 e. The summed E-state index contributed by atoms with van der Waals surface area (Å²) in [4.78, 5) is 21.7. The van der Waals surface area contributed by atoms with Crippen molar-refractivity contribution < 1.29 is 4.79 Å². The first kappa shape index (κ1) is 21.8. The first-order chi connectivity index (χ1) is 14.9. The van der Waals surface area contributed by atoms with Gasteiger partial charge in [-0.3, -0.25) is 14.6 Å². The number of hydrogen-bond donors (Lipinski definition) is 1. The molecule has 31 heavy (non-hydrogen) atoms. The van der Waals surface area contributed by atoms with Crippen molar-refractivity contribution in [2.45, 2.75) is 27.3 Å². The van der Waals surface area contributed by atoms with E-state index in [-0.39, 0.29) is 5.91 Å². The zero-order valence-electron chi connectivity index (χ0n) is 18.4. The largest absolute Gasteiger partial charge is 0.325 e. The molecule has 0 radical (unpaired) electrons. The summed E-state index contributed by atoms with van der Waals surface area (Å²) < 4.78 is 0. The van der Waals surface area contributed by atoms with E-state index in [1.165, 1.54) is 11.1 Å². The lowest BCUT2D eigenvalue weighted by atomic mass is 10.1. The van der Waals surface area contributed by atoms with Gasteiger partial charge < -0.3 is 5.32 Å². The van der Waals surface area contributed by atoms with Crippen LogP contribution in [-0.2, 0) is 11.3 Å². The second-order valence-corrected chi connectivity index (χ2v) is 8.84. The van der Waals surface area contributed by atoms with Crippen LogP contribution in [0, 0.1) is 20.8 Å². The summed E-state index contributed by atoms with van der Waals surface area (Å²) in [6.45, 7) is 10.9. The fraction of sp³-hybridized carbons (Fsp3) is 0.360. The number of aromatic nitrogens is 1. The highest BCUT2D eigenvalue weighted by molar-refractivity contribution is 6.30. The number of fused-ring (bicyclic) bond motifs is 1. The maximum Gasteiger partial charge on any atom is 0.238 e. The van der Waals surface area contributed by atoms with Crippen LogP contribution in [0.15, 0.2) is 42.5 Å². The number of hydrogen-bond acceptors (Lipinski definition) is 4. The Balaban J connectivity index is 1.31. The van der Waals surface area contributed by atoms with E-state index in [0.717, 1.165) is 60.4 Å². The molecule has 0 unspecified atom stereocenters. The number of carbonyl (C=O) groups is 1. The summed E-state index contributed by atoms with van der Waals surface area (Å²) in [5.41, 5.74) is 6.38. The minimum absolute atomic E-state index is 0.0409. The molecule has 1 fully saturated rings. The van der Waals surface area contributed by atoms with Crippen molar-refractivity contribution in [1.29, 1.82) is 0 Å². The summed E-state index contributed by atoms with van der Waals surface area (Å²) in [7, 11) is 0. The van der Waals surface area contributed by atoms with Crippen molar-refractivity contribution in [2.24, 2.45) is 0 Å². The number of amides is 1. The van der Waals surface area contributed by atoms with Crippen molar-refractivity contribution in [3.8, 4) is 0 Å². The highest BCUT2D eigenvalue weighted by Crippen LogP contribution is 2.23. The minimum atomic E-state index is 0.0409. The molecule has 162 valence electrons. The number of pyridine rings is 1. The SMILES string of the molecule is Cc1ccc2cc(CN3CCN(CC(=O)Nc4cccc(C)c4C)CC3)c(Cl)nc2c1. The van der Waals surface area contributed by atoms with E-state index in [2.05, 4.69) is 64.3 Å². The quantitative estimate of drug-likeness (QED) is 0.595. The van der Waals surface area contributed by atoms with Crippen LogP contribution in [0.25, 0.3) is 10.9 Å². The van der Waals surface area contributed by atoms with E-state index in [1.807, 2.05) is 19.1 Å².